The van der Waals surface area contributed by atoms with Gasteiger partial charge in [0.25, 0.3) is 0 Å². The highest BCUT2D eigenvalue weighted by atomic mass is 16.4. The summed E-state index contributed by atoms with van der Waals surface area (Å²) in [6.45, 7) is 0. The predicted octanol–water partition coefficient (Wildman–Crippen LogP) is 3.82. The van der Waals surface area contributed by atoms with E-state index in [-0.39, 0.29) is 5.82 Å². The molecule has 37 heavy (non-hydrogen) atoms. The van der Waals surface area contributed by atoms with Crippen molar-refractivity contribution >= 4 is 60.1 Å². The highest BCUT2D eigenvalue weighted by Gasteiger charge is 2.44. The van der Waals surface area contributed by atoms with Gasteiger partial charge < -0.3 is 25.6 Å². The zero-order valence-electron chi connectivity index (χ0n) is 19.4. The Morgan fingerprint density at radius 2 is 1.49 bits per heavy atom. The third-order valence-corrected chi connectivity index (χ3v) is 8.01. The quantitative estimate of drug-likeness (QED) is 0.205. The molecule has 4 atom stereocenters. The van der Waals surface area contributed by atoms with Gasteiger partial charge in [-0.1, -0.05) is 54.6 Å². The lowest BCUT2D eigenvalue weighted by Gasteiger charge is -2.39. The van der Waals surface area contributed by atoms with Crippen molar-refractivity contribution in [2.75, 3.05) is 5.73 Å². The van der Waals surface area contributed by atoms with Crippen LogP contribution in [0.15, 0.2) is 73.3 Å². The normalized spacial score (nSPS) is 22.0. The fraction of sp³-hybridized carbons (Fsp3) is 0.138. The third-order valence-electron chi connectivity index (χ3n) is 8.01. The molecule has 0 aliphatic heterocycles. The Bertz CT molecular complexity index is 2030. The average Bonchev–Trinajstić information content (AvgIpc) is 3.36. The van der Waals surface area contributed by atoms with Gasteiger partial charge in [0.05, 0.1) is 12.4 Å². The van der Waals surface area contributed by atoms with Crippen molar-refractivity contribution < 1.29 is 15.3 Å². The molecule has 5 aromatic carbocycles. The van der Waals surface area contributed by atoms with E-state index in [0.29, 0.717) is 16.7 Å². The van der Waals surface area contributed by atoms with Crippen LogP contribution in [-0.2, 0) is 0 Å². The number of nitrogens with zero attached hydrogens (tertiary/aromatic N) is 4. The molecule has 0 saturated carbocycles. The van der Waals surface area contributed by atoms with Gasteiger partial charge in [0, 0.05) is 0 Å². The summed E-state index contributed by atoms with van der Waals surface area (Å²) < 4.78 is 1.73. The number of hydrogen-bond acceptors (Lipinski definition) is 7. The molecule has 2 aromatic heterocycles. The molecular weight excluding hydrogens is 466 g/mol. The molecule has 0 spiro atoms. The minimum atomic E-state index is -1.42. The van der Waals surface area contributed by atoms with E-state index < -0.39 is 24.4 Å². The number of aliphatic hydroxyl groups excluding tert-OH is 3. The van der Waals surface area contributed by atoms with Crippen LogP contribution in [0.4, 0.5) is 5.82 Å². The Balaban J connectivity index is 1.63. The number of rotatable bonds is 1. The minimum absolute atomic E-state index is 0.222. The highest BCUT2D eigenvalue weighted by molar-refractivity contribution is 6.34. The van der Waals surface area contributed by atoms with Crippen LogP contribution in [0.3, 0.4) is 0 Å². The molecule has 8 heteroatoms. The summed E-state index contributed by atoms with van der Waals surface area (Å²) in [5.74, 6) is 0.222. The van der Waals surface area contributed by atoms with Crippen LogP contribution in [0.5, 0.6) is 0 Å². The largest absolute Gasteiger partial charge is 0.388 e. The lowest BCUT2D eigenvalue weighted by molar-refractivity contribution is -0.0833. The summed E-state index contributed by atoms with van der Waals surface area (Å²) in [6.07, 6.45) is -1.11. The standard InChI is InChI=1S/C29H21N5O3/c30-28-24-29(32-11-31-28)33-12-34(24)23-22-18(25(35)27(37)26(23)36)10-14-9-8-13-4-3-7-16-15-5-1-2-6-17(15)21(22)20(14)19(13)16/h1-12,23,25-27,35-37H,(H2,30,31,32). The first-order chi connectivity index (χ1) is 18.0. The van der Waals surface area contributed by atoms with Gasteiger partial charge in [-0.05, 0) is 60.3 Å². The van der Waals surface area contributed by atoms with Gasteiger partial charge in [0.15, 0.2) is 11.5 Å². The van der Waals surface area contributed by atoms with Crippen LogP contribution >= 0.6 is 0 Å². The first kappa shape index (κ1) is 20.8. The molecule has 7 aromatic rings. The monoisotopic (exact) mass is 487 g/mol. The van der Waals surface area contributed by atoms with Crippen LogP contribution in [0.2, 0.25) is 0 Å². The number of nitrogens with two attached hydrogens (primary N) is 1. The van der Waals surface area contributed by atoms with E-state index in [4.69, 9.17) is 5.73 Å². The molecule has 0 bridgehead atoms. The number of benzene rings is 5. The summed E-state index contributed by atoms with van der Waals surface area (Å²) in [5, 5.41) is 42.2. The van der Waals surface area contributed by atoms with E-state index in [9.17, 15) is 15.3 Å². The molecule has 1 aliphatic rings. The van der Waals surface area contributed by atoms with Gasteiger partial charge >= 0.3 is 0 Å². The molecule has 4 unspecified atom stereocenters. The predicted molar refractivity (Wildman–Crippen MR) is 142 cm³/mol. The first-order valence-electron chi connectivity index (χ1n) is 12.1. The van der Waals surface area contributed by atoms with E-state index in [1.54, 1.807) is 10.9 Å². The SMILES string of the molecule is Nc1ncnc2ncn(C3c4c(cc5ccc6cccc7c8ccccc8c4c5c67)C(O)C(O)C3O)c12. The second kappa shape index (κ2) is 7.10. The Morgan fingerprint density at radius 1 is 0.730 bits per heavy atom. The third kappa shape index (κ3) is 2.54. The van der Waals surface area contributed by atoms with Gasteiger partial charge in [-0.15, -0.1) is 0 Å². The maximum Gasteiger partial charge on any atom is 0.182 e. The van der Waals surface area contributed by atoms with Crippen molar-refractivity contribution in [1.82, 2.24) is 19.5 Å². The molecule has 5 N–H and O–H groups in total. The topological polar surface area (TPSA) is 130 Å². The van der Waals surface area contributed by atoms with Gasteiger partial charge in [-0.2, -0.15) is 0 Å². The van der Waals surface area contributed by atoms with Crippen molar-refractivity contribution in [2.24, 2.45) is 0 Å². The second-order valence-electron chi connectivity index (χ2n) is 9.82. The van der Waals surface area contributed by atoms with Crippen molar-refractivity contribution in [2.45, 2.75) is 24.4 Å². The van der Waals surface area contributed by atoms with Crippen molar-refractivity contribution in [3.8, 4) is 0 Å². The molecule has 1 aliphatic carbocycles. The summed E-state index contributed by atoms with van der Waals surface area (Å²) in [7, 11) is 0. The highest BCUT2D eigenvalue weighted by Crippen LogP contribution is 2.50. The Hall–Kier alpha value is -4.37. The number of anilines is 1. The van der Waals surface area contributed by atoms with Crippen LogP contribution in [0.1, 0.15) is 23.3 Å². The lowest BCUT2D eigenvalue weighted by atomic mass is 9.76. The molecule has 0 saturated heterocycles. The molecule has 8 nitrogen and oxygen atoms in total. The summed E-state index contributed by atoms with van der Waals surface area (Å²) >= 11 is 0. The Kier molecular flexibility index (Phi) is 3.99. The first-order valence-corrected chi connectivity index (χ1v) is 12.1. The fourth-order valence-electron chi connectivity index (χ4n) is 6.45. The van der Waals surface area contributed by atoms with Crippen LogP contribution in [-0.4, -0.2) is 47.0 Å². The maximum atomic E-state index is 11.5. The molecule has 0 fully saturated rings. The lowest BCUT2D eigenvalue weighted by Crippen LogP contribution is -2.44. The molecule has 2 heterocycles. The zero-order valence-corrected chi connectivity index (χ0v) is 19.4. The molecule has 0 amide bonds. The van der Waals surface area contributed by atoms with Crippen LogP contribution in [0, 0.1) is 0 Å². The summed E-state index contributed by atoms with van der Waals surface area (Å²) in [6, 6.07) is 19.8. The maximum absolute atomic E-state index is 11.5. The fourth-order valence-corrected chi connectivity index (χ4v) is 6.45. The van der Waals surface area contributed by atoms with Gasteiger partial charge in [-0.25, -0.2) is 15.0 Å². The number of aromatic nitrogens is 4. The van der Waals surface area contributed by atoms with E-state index >= 15 is 0 Å². The number of fused-ring (bicyclic) bond motifs is 6. The summed E-state index contributed by atoms with van der Waals surface area (Å²) in [5.41, 5.74) is 8.41. The van der Waals surface area contributed by atoms with E-state index in [0.717, 1.165) is 48.7 Å². The number of aliphatic hydroxyl groups is 3. The van der Waals surface area contributed by atoms with E-state index in [1.807, 2.05) is 18.2 Å². The smallest absolute Gasteiger partial charge is 0.182 e. The number of imidazole rings is 1. The number of nitrogen functional groups attached to an aromatic ring is 1. The molecular formula is C29H21N5O3. The van der Waals surface area contributed by atoms with Crippen molar-refractivity contribution in [3.63, 3.8) is 0 Å². The molecule has 180 valence electrons. The van der Waals surface area contributed by atoms with Crippen LogP contribution < -0.4 is 5.73 Å². The number of hydrogen-bond donors (Lipinski definition) is 4. The van der Waals surface area contributed by atoms with Crippen LogP contribution in [0.25, 0.3) is 54.3 Å². The second-order valence-corrected chi connectivity index (χ2v) is 9.82. The van der Waals surface area contributed by atoms with E-state index in [1.165, 1.54) is 6.33 Å². The molecule has 8 rings (SSSR count). The van der Waals surface area contributed by atoms with Gasteiger partial charge in [-0.3, -0.25) is 0 Å². The van der Waals surface area contributed by atoms with Gasteiger partial charge in [0.1, 0.15) is 30.2 Å². The van der Waals surface area contributed by atoms with Gasteiger partial charge in [0.2, 0.25) is 0 Å². The average molecular weight is 488 g/mol. The zero-order chi connectivity index (χ0) is 25.0. The minimum Gasteiger partial charge on any atom is -0.388 e. The Morgan fingerprint density at radius 3 is 2.35 bits per heavy atom. The van der Waals surface area contributed by atoms with E-state index in [2.05, 4.69) is 57.4 Å². The van der Waals surface area contributed by atoms with Crippen molar-refractivity contribution in [3.05, 3.63) is 84.4 Å². The molecule has 0 radical (unpaired) electrons. The van der Waals surface area contributed by atoms with Crippen molar-refractivity contribution in [1.29, 1.82) is 0 Å². The Labute approximate surface area is 209 Å². The summed E-state index contributed by atoms with van der Waals surface area (Å²) in [4.78, 5) is 12.8.